The van der Waals surface area contributed by atoms with Crippen molar-refractivity contribution in [3.63, 3.8) is 0 Å². The van der Waals surface area contributed by atoms with Crippen LogP contribution in [-0.4, -0.2) is 59.8 Å². The maximum absolute atomic E-state index is 9.53. The Bertz CT molecular complexity index is 184. The Kier molecular flexibility index (Phi) is 5.03. The number of rotatable bonds is 5. The van der Waals surface area contributed by atoms with E-state index in [1.54, 1.807) is 0 Å². The summed E-state index contributed by atoms with van der Waals surface area (Å²) in [7, 11) is 2.11. The third-order valence-corrected chi connectivity index (χ3v) is 3.80. The summed E-state index contributed by atoms with van der Waals surface area (Å²) in [6.07, 6.45) is 2.40. The second kappa shape index (κ2) is 5.83. The molecule has 15 heavy (non-hydrogen) atoms. The van der Waals surface area contributed by atoms with Gasteiger partial charge in [0.1, 0.15) is 0 Å². The second-order valence-electron chi connectivity index (χ2n) is 4.85. The molecule has 1 saturated heterocycles. The number of likely N-dealkylation sites (N-methyl/N-ethyl adjacent to an activating group) is 2. The van der Waals surface area contributed by atoms with E-state index in [0.29, 0.717) is 6.04 Å². The van der Waals surface area contributed by atoms with Gasteiger partial charge in [0, 0.05) is 18.6 Å². The molecule has 3 nitrogen and oxygen atoms in total. The number of likely N-dealkylation sites (tertiary alicyclic amines) is 1. The van der Waals surface area contributed by atoms with E-state index in [1.807, 2.05) is 6.92 Å². The van der Waals surface area contributed by atoms with Crippen LogP contribution >= 0.6 is 0 Å². The van der Waals surface area contributed by atoms with Gasteiger partial charge in [-0.15, -0.1) is 0 Å². The van der Waals surface area contributed by atoms with Gasteiger partial charge in [-0.3, -0.25) is 9.80 Å². The summed E-state index contributed by atoms with van der Waals surface area (Å²) >= 11 is 0. The predicted octanol–water partition coefficient (Wildman–Crippen LogP) is 1.17. The molecule has 3 unspecified atom stereocenters. The summed E-state index contributed by atoms with van der Waals surface area (Å²) in [5, 5.41) is 9.53. The minimum absolute atomic E-state index is 0.244. The fourth-order valence-corrected chi connectivity index (χ4v) is 2.39. The number of hydrogen-bond donors (Lipinski definition) is 1. The Morgan fingerprint density at radius 1 is 1.47 bits per heavy atom. The molecule has 0 radical (unpaired) electrons. The Labute approximate surface area is 94.1 Å². The highest BCUT2D eigenvalue weighted by Crippen LogP contribution is 2.18. The molecule has 3 heteroatoms. The van der Waals surface area contributed by atoms with Gasteiger partial charge in [0.25, 0.3) is 0 Å². The van der Waals surface area contributed by atoms with Crippen LogP contribution in [0, 0.1) is 0 Å². The highest BCUT2D eigenvalue weighted by Gasteiger charge is 2.26. The molecule has 3 atom stereocenters. The van der Waals surface area contributed by atoms with Crippen LogP contribution in [0.3, 0.4) is 0 Å². The maximum Gasteiger partial charge on any atom is 0.0664 e. The Balaban J connectivity index is 2.39. The summed E-state index contributed by atoms with van der Waals surface area (Å²) in [6.45, 7) is 9.68. The van der Waals surface area contributed by atoms with Crippen molar-refractivity contribution in [1.29, 1.82) is 0 Å². The number of aliphatic hydroxyl groups excluding tert-OH is 1. The molecule has 1 fully saturated rings. The lowest BCUT2D eigenvalue weighted by Gasteiger charge is -2.32. The van der Waals surface area contributed by atoms with Gasteiger partial charge >= 0.3 is 0 Å². The molecule has 1 N–H and O–H groups in total. The van der Waals surface area contributed by atoms with Crippen LogP contribution in [0.25, 0.3) is 0 Å². The molecule has 0 bridgehead atoms. The average molecular weight is 214 g/mol. The topological polar surface area (TPSA) is 26.7 Å². The molecule has 0 aromatic heterocycles. The van der Waals surface area contributed by atoms with Crippen LogP contribution < -0.4 is 0 Å². The molecule has 1 aliphatic rings. The minimum atomic E-state index is -0.244. The third kappa shape index (κ3) is 3.44. The summed E-state index contributed by atoms with van der Waals surface area (Å²) in [4.78, 5) is 4.83. The molecule has 90 valence electrons. The van der Waals surface area contributed by atoms with Crippen molar-refractivity contribution in [3.8, 4) is 0 Å². The van der Waals surface area contributed by atoms with Crippen LogP contribution in [0.2, 0.25) is 0 Å². The Morgan fingerprint density at radius 2 is 2.13 bits per heavy atom. The van der Waals surface area contributed by atoms with Crippen molar-refractivity contribution >= 4 is 0 Å². The number of nitrogens with zero attached hydrogens (tertiary/aromatic N) is 2. The monoisotopic (exact) mass is 214 g/mol. The SMILES string of the molecule is CCN1CCCC1CN(C)C(C)C(C)O. The van der Waals surface area contributed by atoms with Gasteiger partial charge in [0.15, 0.2) is 0 Å². The van der Waals surface area contributed by atoms with Gasteiger partial charge < -0.3 is 5.11 Å². The van der Waals surface area contributed by atoms with Crippen molar-refractivity contribution in [2.75, 3.05) is 26.7 Å². The molecule has 0 saturated carbocycles. The molecule has 0 aliphatic carbocycles. The molecule has 0 aromatic rings. The summed E-state index contributed by atoms with van der Waals surface area (Å²) < 4.78 is 0. The molecule has 1 rings (SSSR count). The highest BCUT2D eigenvalue weighted by atomic mass is 16.3. The number of hydrogen-bond acceptors (Lipinski definition) is 3. The van der Waals surface area contributed by atoms with Crippen molar-refractivity contribution in [2.45, 2.75) is 51.8 Å². The first-order chi connectivity index (χ1) is 7.06. The van der Waals surface area contributed by atoms with E-state index in [9.17, 15) is 5.11 Å². The first-order valence-electron chi connectivity index (χ1n) is 6.18. The molecule has 1 aliphatic heterocycles. The zero-order valence-corrected chi connectivity index (χ0v) is 10.6. The van der Waals surface area contributed by atoms with Gasteiger partial charge in [0.2, 0.25) is 0 Å². The molecule has 0 spiro atoms. The van der Waals surface area contributed by atoms with E-state index in [-0.39, 0.29) is 12.1 Å². The molecule has 0 aromatic carbocycles. The minimum Gasteiger partial charge on any atom is -0.392 e. The van der Waals surface area contributed by atoms with E-state index in [2.05, 4.69) is 30.7 Å². The van der Waals surface area contributed by atoms with E-state index < -0.39 is 0 Å². The highest BCUT2D eigenvalue weighted by molar-refractivity contribution is 4.82. The van der Waals surface area contributed by atoms with Crippen molar-refractivity contribution < 1.29 is 5.11 Å². The first kappa shape index (κ1) is 12.9. The van der Waals surface area contributed by atoms with Crippen LogP contribution in [0.1, 0.15) is 33.6 Å². The summed E-state index contributed by atoms with van der Waals surface area (Å²) in [5.74, 6) is 0. The Morgan fingerprint density at radius 3 is 2.67 bits per heavy atom. The van der Waals surface area contributed by atoms with Gasteiger partial charge in [0.05, 0.1) is 6.10 Å². The lowest BCUT2D eigenvalue weighted by Crippen LogP contribution is -2.45. The van der Waals surface area contributed by atoms with Crippen LogP contribution in [0.5, 0.6) is 0 Å². The maximum atomic E-state index is 9.53. The van der Waals surface area contributed by atoms with Gasteiger partial charge in [-0.2, -0.15) is 0 Å². The van der Waals surface area contributed by atoms with Gasteiger partial charge in [-0.05, 0) is 46.8 Å². The molecule has 1 heterocycles. The van der Waals surface area contributed by atoms with E-state index in [1.165, 1.54) is 19.4 Å². The molecule has 0 amide bonds. The standard InChI is InChI=1S/C12H26N2O/c1-5-14-8-6-7-12(14)9-13(4)10(2)11(3)15/h10-12,15H,5-9H2,1-4H3. The van der Waals surface area contributed by atoms with E-state index in [0.717, 1.165) is 13.1 Å². The van der Waals surface area contributed by atoms with E-state index in [4.69, 9.17) is 0 Å². The number of aliphatic hydroxyl groups is 1. The quantitative estimate of drug-likeness (QED) is 0.744. The van der Waals surface area contributed by atoms with E-state index >= 15 is 0 Å². The third-order valence-electron chi connectivity index (χ3n) is 3.80. The largest absolute Gasteiger partial charge is 0.392 e. The fourth-order valence-electron chi connectivity index (χ4n) is 2.39. The molecular formula is C12H26N2O. The van der Waals surface area contributed by atoms with Crippen molar-refractivity contribution in [3.05, 3.63) is 0 Å². The summed E-state index contributed by atoms with van der Waals surface area (Å²) in [5.41, 5.74) is 0. The van der Waals surface area contributed by atoms with Crippen LogP contribution in [-0.2, 0) is 0 Å². The zero-order chi connectivity index (χ0) is 11.4. The lowest BCUT2D eigenvalue weighted by molar-refractivity contribution is 0.0710. The summed E-state index contributed by atoms with van der Waals surface area (Å²) in [6, 6.07) is 0.950. The zero-order valence-electron chi connectivity index (χ0n) is 10.6. The lowest BCUT2D eigenvalue weighted by atomic mass is 10.1. The average Bonchev–Trinajstić information content (AvgIpc) is 2.63. The second-order valence-corrected chi connectivity index (χ2v) is 4.85. The van der Waals surface area contributed by atoms with Crippen LogP contribution in [0.15, 0.2) is 0 Å². The fraction of sp³-hybridized carbons (Fsp3) is 1.00. The van der Waals surface area contributed by atoms with Gasteiger partial charge in [-0.25, -0.2) is 0 Å². The molecular weight excluding hydrogens is 188 g/mol. The normalized spacial score (nSPS) is 27.2. The van der Waals surface area contributed by atoms with Crippen molar-refractivity contribution in [1.82, 2.24) is 9.80 Å². The predicted molar refractivity (Wildman–Crippen MR) is 64.0 cm³/mol. The van der Waals surface area contributed by atoms with Gasteiger partial charge in [-0.1, -0.05) is 6.92 Å². The van der Waals surface area contributed by atoms with Crippen LogP contribution in [0.4, 0.5) is 0 Å². The van der Waals surface area contributed by atoms with Crippen molar-refractivity contribution in [2.24, 2.45) is 0 Å². The smallest absolute Gasteiger partial charge is 0.0664 e. The first-order valence-corrected chi connectivity index (χ1v) is 6.18. The Hall–Kier alpha value is -0.120.